The number of rotatable bonds is 14. The number of oxime groups is 1. The molecule has 0 radical (unpaired) electrons. The summed E-state index contributed by atoms with van der Waals surface area (Å²) in [7, 11) is -4.17. The zero-order chi connectivity index (χ0) is 30.2. The van der Waals surface area contributed by atoms with Gasteiger partial charge in [0.25, 0.3) is 5.91 Å². The van der Waals surface area contributed by atoms with Crippen molar-refractivity contribution in [3.63, 3.8) is 0 Å². The van der Waals surface area contributed by atoms with Gasteiger partial charge in [-0.2, -0.15) is 4.72 Å². The third-order valence-electron chi connectivity index (χ3n) is 6.96. The van der Waals surface area contributed by atoms with Crippen molar-refractivity contribution < 1.29 is 28.0 Å². The topological polar surface area (TPSA) is 175 Å². The fourth-order valence-corrected chi connectivity index (χ4v) is 5.84. The molecule has 224 valence electrons. The Morgan fingerprint density at radius 2 is 1.70 bits per heavy atom. The minimum Gasteiger partial charge on any atom is -0.480 e. The van der Waals surface area contributed by atoms with Gasteiger partial charge in [-0.1, -0.05) is 59.8 Å². The summed E-state index contributed by atoms with van der Waals surface area (Å²) in [4.78, 5) is 37.4. The molecule has 4 aromatic rings. The molecule has 1 aliphatic heterocycles. The molecule has 13 heteroatoms. The Labute approximate surface area is 248 Å². The van der Waals surface area contributed by atoms with Gasteiger partial charge in [0.1, 0.15) is 17.9 Å². The molecule has 12 nitrogen and oxygen atoms in total. The number of benzene rings is 3. The van der Waals surface area contributed by atoms with E-state index >= 15 is 0 Å². The Morgan fingerprint density at radius 1 is 0.977 bits per heavy atom. The fraction of sp³-hybridized carbons (Fsp3) is 0.267. The molecule has 5 N–H and O–H groups in total. The van der Waals surface area contributed by atoms with Crippen LogP contribution in [0.4, 0.5) is 5.95 Å². The van der Waals surface area contributed by atoms with Crippen molar-refractivity contribution in [2.45, 2.75) is 42.7 Å². The van der Waals surface area contributed by atoms with Crippen LogP contribution in [0.2, 0.25) is 0 Å². The number of carbonyl (C=O) groups is 2. The van der Waals surface area contributed by atoms with E-state index in [1.54, 1.807) is 12.1 Å². The molecule has 43 heavy (non-hydrogen) atoms. The van der Waals surface area contributed by atoms with Crippen LogP contribution in [-0.2, 0) is 24.4 Å². The molecule has 1 amide bonds. The van der Waals surface area contributed by atoms with E-state index in [0.29, 0.717) is 18.9 Å². The maximum Gasteiger partial charge on any atom is 0.323 e. The molecule has 0 aliphatic carbocycles. The maximum absolute atomic E-state index is 12.9. The Kier molecular flexibility index (Phi) is 9.32. The summed E-state index contributed by atoms with van der Waals surface area (Å²) < 4.78 is 27.9. The summed E-state index contributed by atoms with van der Waals surface area (Å²) in [6, 6.07) is 21.7. The first-order chi connectivity index (χ1) is 20.8. The second kappa shape index (κ2) is 13.5. The van der Waals surface area contributed by atoms with Crippen molar-refractivity contribution in [2.75, 3.05) is 18.4 Å². The molecule has 0 spiro atoms. The molecule has 0 fully saturated rings. The zero-order valence-corrected chi connectivity index (χ0v) is 24.0. The van der Waals surface area contributed by atoms with Gasteiger partial charge < -0.3 is 25.6 Å². The van der Waals surface area contributed by atoms with E-state index in [4.69, 9.17) is 4.84 Å². The normalized spacial score (nSPS) is 15.4. The second-order valence-electron chi connectivity index (χ2n) is 10.1. The quantitative estimate of drug-likeness (QED) is 0.136. The Hall–Kier alpha value is -4.75. The molecule has 3 aromatic carbocycles. The van der Waals surface area contributed by atoms with E-state index < -0.39 is 34.5 Å². The predicted molar refractivity (Wildman–Crippen MR) is 162 cm³/mol. The van der Waals surface area contributed by atoms with Crippen LogP contribution in [0.5, 0.6) is 0 Å². The number of nitrogens with one attached hydrogen (secondary N) is 4. The van der Waals surface area contributed by atoms with Gasteiger partial charge in [-0.05, 0) is 54.7 Å². The van der Waals surface area contributed by atoms with E-state index in [0.717, 1.165) is 35.0 Å². The van der Waals surface area contributed by atoms with E-state index in [2.05, 4.69) is 30.5 Å². The lowest BCUT2D eigenvalue weighted by Gasteiger charge is -2.16. The second-order valence-corrected chi connectivity index (χ2v) is 11.8. The van der Waals surface area contributed by atoms with Crippen LogP contribution in [0.3, 0.4) is 0 Å². The van der Waals surface area contributed by atoms with E-state index in [1.807, 2.05) is 54.6 Å². The molecular weight excluding hydrogens is 572 g/mol. The summed E-state index contributed by atoms with van der Waals surface area (Å²) in [5.74, 6) is -1.32. The number of nitrogens with zero attached hydrogens (tertiary/aromatic N) is 2. The summed E-state index contributed by atoms with van der Waals surface area (Å²) in [5, 5.41) is 19.2. The summed E-state index contributed by atoms with van der Waals surface area (Å²) in [5.41, 5.74) is 3.73. The molecule has 0 saturated heterocycles. The highest BCUT2D eigenvalue weighted by Crippen LogP contribution is 2.21. The largest absolute Gasteiger partial charge is 0.480 e. The first-order valence-electron chi connectivity index (χ1n) is 13.9. The number of carboxylic acids is 1. The Bertz CT molecular complexity index is 1670. The maximum atomic E-state index is 12.9. The van der Waals surface area contributed by atoms with Crippen LogP contribution < -0.4 is 15.4 Å². The molecule has 0 saturated carbocycles. The van der Waals surface area contributed by atoms with E-state index in [-0.39, 0.29) is 23.1 Å². The van der Waals surface area contributed by atoms with Crippen LogP contribution in [0.1, 0.15) is 25.7 Å². The van der Waals surface area contributed by atoms with Gasteiger partial charge in [0, 0.05) is 19.5 Å². The monoisotopic (exact) mass is 604 g/mol. The lowest BCUT2D eigenvalue weighted by molar-refractivity contribution is -0.138. The smallest absolute Gasteiger partial charge is 0.323 e. The number of carbonyl (C=O) groups excluding carboxylic acids is 1. The summed E-state index contributed by atoms with van der Waals surface area (Å²) >= 11 is 0. The third-order valence-corrected chi connectivity index (χ3v) is 8.45. The number of hydrogen-bond acceptors (Lipinski definition) is 8. The molecule has 5 rings (SSSR count). The van der Waals surface area contributed by atoms with Crippen molar-refractivity contribution >= 4 is 44.6 Å². The van der Waals surface area contributed by atoms with Gasteiger partial charge in [0.2, 0.25) is 16.0 Å². The number of imidazole rings is 1. The highest BCUT2D eigenvalue weighted by Gasteiger charge is 2.29. The molecular formula is C30H32N6O6S. The summed E-state index contributed by atoms with van der Waals surface area (Å²) in [6.07, 6.45) is 2.38. The van der Waals surface area contributed by atoms with E-state index in [9.17, 15) is 23.1 Å². The van der Waals surface area contributed by atoms with E-state index in [1.165, 1.54) is 12.1 Å². The number of carboxylic acid groups (broad SMARTS) is 1. The number of amides is 1. The average Bonchev–Trinajstić information content (AvgIpc) is 3.66. The molecule has 1 aliphatic rings. The number of anilines is 1. The van der Waals surface area contributed by atoms with Crippen LogP contribution in [0.25, 0.3) is 22.2 Å². The van der Waals surface area contributed by atoms with Crippen molar-refractivity contribution in [3.05, 3.63) is 78.9 Å². The number of fused-ring (bicyclic) bond motifs is 1. The Morgan fingerprint density at radius 3 is 2.44 bits per heavy atom. The van der Waals surface area contributed by atoms with Gasteiger partial charge in [-0.15, -0.1) is 0 Å². The number of hydrogen-bond donors (Lipinski definition) is 5. The van der Waals surface area contributed by atoms with Crippen LogP contribution in [0, 0.1) is 0 Å². The number of sulfonamides is 1. The minimum absolute atomic E-state index is 0.0889. The van der Waals surface area contributed by atoms with Crippen molar-refractivity contribution in [1.82, 2.24) is 20.0 Å². The lowest BCUT2D eigenvalue weighted by atomic mass is 10.1. The highest BCUT2D eigenvalue weighted by atomic mass is 32.2. The van der Waals surface area contributed by atoms with Crippen LogP contribution >= 0.6 is 0 Å². The highest BCUT2D eigenvalue weighted by molar-refractivity contribution is 7.89. The number of para-hydroxylation sites is 2. The number of H-pyrrole nitrogens is 1. The van der Waals surface area contributed by atoms with Crippen LogP contribution in [-0.4, -0.2) is 66.3 Å². The molecule has 2 unspecified atom stereocenters. The lowest BCUT2D eigenvalue weighted by Crippen LogP contribution is -2.49. The first kappa shape index (κ1) is 29.7. The average molecular weight is 605 g/mol. The van der Waals surface area contributed by atoms with Gasteiger partial charge in [0.05, 0.1) is 15.9 Å². The molecule has 2 heterocycles. The van der Waals surface area contributed by atoms with Crippen LogP contribution in [0.15, 0.2) is 88.9 Å². The standard InChI is InChI=1S/C30H32N6O6S/c37-28(26-18-22(42-35-26)10-6-7-17-31-30-33-24-11-4-5-12-25(24)34-30)32-19-27(29(38)39)36-43(40,41)23-15-13-21(14-16-23)20-8-2-1-3-9-20/h1-5,8-9,11-16,22,27,36H,6-7,10,17-19H2,(H,32,37)(H,38,39)(H2,31,33,34). The van der Waals surface area contributed by atoms with Gasteiger partial charge in [-0.3, -0.25) is 9.59 Å². The Balaban J connectivity index is 1.04. The van der Waals surface area contributed by atoms with Crippen molar-refractivity contribution in [3.8, 4) is 11.1 Å². The minimum atomic E-state index is -4.17. The van der Waals surface area contributed by atoms with Gasteiger partial charge in [0.15, 0.2) is 0 Å². The molecule has 0 bridgehead atoms. The fourth-order valence-electron chi connectivity index (χ4n) is 4.65. The van der Waals surface area contributed by atoms with Crippen molar-refractivity contribution in [2.24, 2.45) is 5.16 Å². The number of aromatic amines is 1. The molecule has 2 atom stereocenters. The SMILES string of the molecule is O=C(NCC(NS(=O)(=O)c1ccc(-c2ccccc2)cc1)C(=O)O)C1=NOC(CCCCNc2nc3ccccc3[nH]2)C1. The van der Waals surface area contributed by atoms with Gasteiger partial charge in [-0.25, -0.2) is 13.4 Å². The third kappa shape index (κ3) is 7.76. The molecule has 1 aromatic heterocycles. The number of unbranched alkanes of at least 4 members (excludes halogenated alkanes) is 1. The number of aromatic nitrogens is 2. The summed E-state index contributed by atoms with van der Waals surface area (Å²) in [6.45, 7) is 0.247. The zero-order valence-electron chi connectivity index (χ0n) is 23.2. The van der Waals surface area contributed by atoms with Gasteiger partial charge >= 0.3 is 5.97 Å². The predicted octanol–water partition coefficient (Wildman–Crippen LogP) is 3.50. The van der Waals surface area contributed by atoms with Crippen molar-refractivity contribution in [1.29, 1.82) is 0 Å². The first-order valence-corrected chi connectivity index (χ1v) is 15.4. The number of aliphatic carboxylic acids is 1.